The lowest BCUT2D eigenvalue weighted by atomic mass is 9.49. The first-order valence-electron chi connectivity index (χ1n) is 9.95. The maximum Gasteiger partial charge on any atom is 0.312 e. The number of hydrogen-bond acceptors (Lipinski definition) is 3. The van der Waals surface area contributed by atoms with Crippen molar-refractivity contribution in [1.82, 2.24) is 16.2 Å². The van der Waals surface area contributed by atoms with E-state index >= 15 is 0 Å². The predicted octanol–water partition coefficient (Wildman–Crippen LogP) is 1.82. The van der Waals surface area contributed by atoms with Gasteiger partial charge in [0.2, 0.25) is 5.91 Å². The molecular formula is C19H32N4O3. The second kappa shape index (κ2) is 7.45. The van der Waals surface area contributed by atoms with E-state index in [0.29, 0.717) is 12.8 Å². The number of hydrazine groups is 1. The number of carbonyl (C=O) groups excluding carboxylic acids is 3. The summed E-state index contributed by atoms with van der Waals surface area (Å²) in [4.78, 5) is 36.0. The summed E-state index contributed by atoms with van der Waals surface area (Å²) < 4.78 is 0. The molecule has 26 heavy (non-hydrogen) atoms. The van der Waals surface area contributed by atoms with E-state index in [9.17, 15) is 14.4 Å². The zero-order valence-electron chi connectivity index (χ0n) is 15.8. The Morgan fingerprint density at radius 1 is 1.04 bits per heavy atom. The summed E-state index contributed by atoms with van der Waals surface area (Å²) in [6.45, 7) is 3.79. The Morgan fingerprint density at radius 3 is 2.04 bits per heavy atom. The van der Waals surface area contributed by atoms with Crippen molar-refractivity contribution in [2.24, 2.45) is 34.8 Å². The van der Waals surface area contributed by atoms with Gasteiger partial charge < -0.3 is 11.1 Å². The second-order valence-electron chi connectivity index (χ2n) is 9.00. The summed E-state index contributed by atoms with van der Waals surface area (Å²) in [6, 6.07) is -1.50. The monoisotopic (exact) mass is 364 g/mol. The molecular weight excluding hydrogens is 332 g/mol. The van der Waals surface area contributed by atoms with Crippen molar-refractivity contribution in [3.63, 3.8) is 0 Å². The Bertz CT molecular complexity index is 542. The molecule has 4 aliphatic rings. The van der Waals surface area contributed by atoms with Crippen LogP contribution >= 0.6 is 0 Å². The topological polar surface area (TPSA) is 113 Å². The van der Waals surface area contributed by atoms with Gasteiger partial charge >= 0.3 is 6.03 Å². The summed E-state index contributed by atoms with van der Waals surface area (Å²) in [5.41, 5.74) is 10.3. The van der Waals surface area contributed by atoms with Crippen molar-refractivity contribution in [3.8, 4) is 0 Å². The summed E-state index contributed by atoms with van der Waals surface area (Å²) in [5, 5.41) is 2.46. The third kappa shape index (κ3) is 4.13. The molecule has 146 valence electrons. The summed E-state index contributed by atoms with van der Waals surface area (Å²) in [5.74, 6) is 1.72. The fourth-order valence-corrected chi connectivity index (χ4v) is 5.96. The van der Waals surface area contributed by atoms with Crippen LogP contribution in [0.3, 0.4) is 0 Å². The molecule has 0 unspecified atom stereocenters. The molecule has 4 amide bonds. The van der Waals surface area contributed by atoms with Crippen LogP contribution in [0, 0.1) is 29.1 Å². The molecule has 4 fully saturated rings. The summed E-state index contributed by atoms with van der Waals surface area (Å²) in [6.07, 6.45) is 8.66. The molecule has 4 aliphatic carbocycles. The molecule has 7 nitrogen and oxygen atoms in total. The van der Waals surface area contributed by atoms with Crippen LogP contribution in [-0.2, 0) is 9.59 Å². The number of carbonyl (C=O) groups is 3. The van der Waals surface area contributed by atoms with E-state index in [1.807, 2.05) is 13.8 Å². The second-order valence-corrected chi connectivity index (χ2v) is 9.00. The van der Waals surface area contributed by atoms with Gasteiger partial charge in [-0.1, -0.05) is 20.3 Å². The van der Waals surface area contributed by atoms with Gasteiger partial charge in [0.15, 0.2) is 0 Å². The Morgan fingerprint density at radius 2 is 1.58 bits per heavy atom. The molecule has 2 atom stereocenters. The molecule has 0 aliphatic heterocycles. The van der Waals surface area contributed by atoms with Crippen molar-refractivity contribution < 1.29 is 14.4 Å². The van der Waals surface area contributed by atoms with E-state index in [1.165, 1.54) is 19.3 Å². The van der Waals surface area contributed by atoms with Gasteiger partial charge in [0.1, 0.15) is 6.04 Å². The first-order chi connectivity index (χ1) is 12.3. The van der Waals surface area contributed by atoms with Crippen molar-refractivity contribution in [2.75, 3.05) is 0 Å². The molecule has 0 saturated heterocycles. The van der Waals surface area contributed by atoms with Crippen LogP contribution in [0.25, 0.3) is 0 Å². The van der Waals surface area contributed by atoms with Gasteiger partial charge in [0.25, 0.3) is 5.91 Å². The largest absolute Gasteiger partial charge is 0.352 e. The highest BCUT2D eigenvalue weighted by Gasteiger charge is 2.51. The molecule has 0 aromatic carbocycles. The smallest absolute Gasteiger partial charge is 0.312 e. The molecule has 7 heteroatoms. The number of amides is 4. The Hall–Kier alpha value is -1.79. The fraction of sp³-hybridized carbons (Fsp3) is 0.842. The number of nitrogens with two attached hydrogens (primary N) is 1. The van der Waals surface area contributed by atoms with Crippen molar-refractivity contribution in [1.29, 1.82) is 0 Å². The molecule has 4 rings (SSSR count). The number of nitrogens with one attached hydrogen (secondary N) is 3. The number of primary amides is 1. The van der Waals surface area contributed by atoms with Gasteiger partial charge in [-0.15, -0.1) is 0 Å². The fourth-order valence-electron chi connectivity index (χ4n) is 5.96. The van der Waals surface area contributed by atoms with E-state index in [4.69, 9.17) is 5.73 Å². The number of urea groups is 1. The normalized spacial score (nSPS) is 34.0. The van der Waals surface area contributed by atoms with Crippen LogP contribution < -0.4 is 21.9 Å². The minimum atomic E-state index is -0.752. The molecule has 0 heterocycles. The standard InChI is InChI=1S/C19H32N4O3/c1-3-11(2)16(21-18(20)26)17(25)23-22-15(24)10-19-7-12-4-13(8-19)6-14(5-12)9-19/h11-14,16H,3-10H2,1-2H3,(H,22,24)(H,23,25)(H3,20,21,26)/t11-,12?,13?,14?,16+,19?/m1/s1. The van der Waals surface area contributed by atoms with Crippen molar-refractivity contribution in [2.45, 2.75) is 71.3 Å². The van der Waals surface area contributed by atoms with Crippen LogP contribution in [0.5, 0.6) is 0 Å². The highest BCUT2D eigenvalue weighted by Crippen LogP contribution is 2.61. The lowest BCUT2D eigenvalue weighted by molar-refractivity contribution is -0.135. The predicted molar refractivity (Wildman–Crippen MR) is 97.5 cm³/mol. The van der Waals surface area contributed by atoms with Gasteiger partial charge in [-0.25, -0.2) is 4.79 Å². The summed E-state index contributed by atoms with van der Waals surface area (Å²) >= 11 is 0. The van der Waals surface area contributed by atoms with Crippen molar-refractivity contribution >= 4 is 17.8 Å². The molecule has 4 bridgehead atoms. The number of rotatable bonds is 6. The maximum absolute atomic E-state index is 12.5. The lowest BCUT2D eigenvalue weighted by Gasteiger charge is -2.56. The van der Waals surface area contributed by atoms with E-state index in [1.54, 1.807) is 0 Å². The van der Waals surface area contributed by atoms with Gasteiger partial charge in [0.05, 0.1) is 0 Å². The minimum absolute atomic E-state index is 0.0810. The first kappa shape index (κ1) is 19.0. The van der Waals surface area contributed by atoms with Crippen LogP contribution in [-0.4, -0.2) is 23.9 Å². The third-order valence-electron chi connectivity index (χ3n) is 6.82. The van der Waals surface area contributed by atoms with E-state index in [-0.39, 0.29) is 17.2 Å². The lowest BCUT2D eigenvalue weighted by Crippen LogP contribution is -2.56. The Kier molecular flexibility index (Phi) is 5.44. The SMILES string of the molecule is CC[C@@H](C)[C@H](NC(N)=O)C(=O)NNC(=O)CC12CC3CC(CC(C3)C1)C2. The zero-order chi connectivity index (χ0) is 18.9. The average molecular weight is 364 g/mol. The van der Waals surface area contributed by atoms with Gasteiger partial charge in [-0.05, 0) is 67.6 Å². The van der Waals surface area contributed by atoms with Crippen molar-refractivity contribution in [3.05, 3.63) is 0 Å². The number of hydrogen-bond donors (Lipinski definition) is 4. The molecule has 0 aromatic rings. The summed E-state index contributed by atoms with van der Waals surface area (Å²) in [7, 11) is 0. The highest BCUT2D eigenvalue weighted by molar-refractivity contribution is 5.88. The maximum atomic E-state index is 12.5. The molecule has 5 N–H and O–H groups in total. The highest BCUT2D eigenvalue weighted by atomic mass is 16.2. The molecule has 0 radical (unpaired) electrons. The molecule has 4 saturated carbocycles. The van der Waals surface area contributed by atoms with Crippen LogP contribution in [0.1, 0.15) is 65.2 Å². The first-order valence-corrected chi connectivity index (χ1v) is 9.95. The Balaban J connectivity index is 1.52. The quantitative estimate of drug-likeness (QED) is 0.539. The van der Waals surface area contributed by atoms with E-state index in [0.717, 1.165) is 37.0 Å². The van der Waals surface area contributed by atoms with Gasteiger partial charge in [-0.2, -0.15) is 0 Å². The van der Waals surface area contributed by atoms with E-state index in [2.05, 4.69) is 16.2 Å². The van der Waals surface area contributed by atoms with Crippen LogP contribution in [0.15, 0.2) is 0 Å². The molecule has 0 aromatic heterocycles. The van der Waals surface area contributed by atoms with Gasteiger partial charge in [0, 0.05) is 6.42 Å². The minimum Gasteiger partial charge on any atom is -0.352 e. The Labute approximate surface area is 155 Å². The third-order valence-corrected chi connectivity index (χ3v) is 6.82. The van der Waals surface area contributed by atoms with E-state index < -0.39 is 18.0 Å². The van der Waals surface area contributed by atoms with Crippen LogP contribution in [0.4, 0.5) is 4.79 Å². The molecule has 0 spiro atoms. The average Bonchev–Trinajstić information content (AvgIpc) is 2.55. The van der Waals surface area contributed by atoms with Gasteiger partial charge in [-0.3, -0.25) is 20.4 Å². The van der Waals surface area contributed by atoms with Crippen LogP contribution in [0.2, 0.25) is 0 Å². The zero-order valence-corrected chi connectivity index (χ0v) is 15.8.